The number of nitrogens with one attached hydrogen (secondary N) is 2. The van der Waals surface area contributed by atoms with Crippen LogP contribution in [0.2, 0.25) is 0 Å². The first-order valence-corrected chi connectivity index (χ1v) is 7.94. The van der Waals surface area contributed by atoms with E-state index in [9.17, 15) is 4.79 Å². The molecule has 0 fully saturated rings. The Kier molecular flexibility index (Phi) is 4.30. The van der Waals surface area contributed by atoms with Gasteiger partial charge in [0.05, 0.1) is 6.04 Å². The standard InChI is InChI=1S/C18H19N3OS/c1-12-8-9-15-14(10-12)17(13-6-4-3-5-7-13)21(18(23)19-2)11-16(22)20-15/h3-10,17H,11H2,1-2H3,(H,19,23)(H,20,22)/t17-/m0/s1. The van der Waals surface area contributed by atoms with Crippen molar-refractivity contribution in [1.29, 1.82) is 0 Å². The molecule has 0 unspecified atom stereocenters. The number of rotatable bonds is 1. The molecule has 1 atom stereocenters. The third-order valence-electron chi connectivity index (χ3n) is 3.99. The van der Waals surface area contributed by atoms with Crippen LogP contribution >= 0.6 is 12.2 Å². The summed E-state index contributed by atoms with van der Waals surface area (Å²) in [5, 5.41) is 6.55. The van der Waals surface area contributed by atoms with Crippen LogP contribution in [0.1, 0.15) is 22.7 Å². The van der Waals surface area contributed by atoms with E-state index in [1.54, 1.807) is 7.05 Å². The van der Waals surface area contributed by atoms with E-state index in [-0.39, 0.29) is 18.5 Å². The van der Waals surface area contributed by atoms with E-state index in [1.165, 1.54) is 0 Å². The number of fused-ring (bicyclic) bond motifs is 1. The van der Waals surface area contributed by atoms with Crippen molar-refractivity contribution >= 4 is 28.9 Å². The highest BCUT2D eigenvalue weighted by Crippen LogP contribution is 2.36. The third kappa shape index (κ3) is 3.05. The molecule has 23 heavy (non-hydrogen) atoms. The summed E-state index contributed by atoms with van der Waals surface area (Å²) in [4.78, 5) is 14.2. The molecule has 2 N–H and O–H groups in total. The second kappa shape index (κ2) is 6.38. The maximum Gasteiger partial charge on any atom is 0.244 e. The highest BCUT2D eigenvalue weighted by Gasteiger charge is 2.31. The van der Waals surface area contributed by atoms with Crippen molar-refractivity contribution in [3.63, 3.8) is 0 Å². The lowest BCUT2D eigenvalue weighted by molar-refractivity contribution is -0.116. The molecule has 1 aliphatic heterocycles. The first kappa shape index (κ1) is 15.5. The van der Waals surface area contributed by atoms with E-state index < -0.39 is 0 Å². The number of anilines is 1. The van der Waals surface area contributed by atoms with Crippen molar-refractivity contribution < 1.29 is 4.79 Å². The summed E-state index contributed by atoms with van der Waals surface area (Å²) < 4.78 is 0. The molecule has 0 saturated carbocycles. The van der Waals surface area contributed by atoms with Crippen molar-refractivity contribution in [2.75, 3.05) is 18.9 Å². The quantitative estimate of drug-likeness (QED) is 0.792. The monoisotopic (exact) mass is 325 g/mol. The van der Waals surface area contributed by atoms with Gasteiger partial charge in [-0.3, -0.25) is 4.79 Å². The van der Waals surface area contributed by atoms with Crippen LogP contribution in [0.4, 0.5) is 5.69 Å². The van der Waals surface area contributed by atoms with Crippen LogP contribution in [-0.4, -0.2) is 29.5 Å². The number of nitrogens with zero attached hydrogens (tertiary/aromatic N) is 1. The number of carbonyl (C=O) groups is 1. The average Bonchev–Trinajstić information content (AvgIpc) is 2.70. The van der Waals surface area contributed by atoms with Crippen LogP contribution in [0.5, 0.6) is 0 Å². The van der Waals surface area contributed by atoms with Crippen molar-refractivity contribution in [2.24, 2.45) is 0 Å². The minimum Gasteiger partial charge on any atom is -0.366 e. The number of carbonyl (C=O) groups excluding carboxylic acids is 1. The van der Waals surface area contributed by atoms with Gasteiger partial charge in [-0.15, -0.1) is 0 Å². The molecule has 3 rings (SSSR count). The molecule has 5 heteroatoms. The van der Waals surface area contributed by atoms with Gasteiger partial charge in [0.15, 0.2) is 5.11 Å². The SMILES string of the molecule is CNC(=S)N1CC(=O)Nc2ccc(C)cc2[C@@H]1c1ccccc1. The highest BCUT2D eigenvalue weighted by atomic mass is 32.1. The molecule has 1 heterocycles. The molecule has 1 aliphatic rings. The fourth-order valence-electron chi connectivity index (χ4n) is 2.95. The number of thiocarbonyl (C=S) groups is 1. The zero-order valence-electron chi connectivity index (χ0n) is 13.2. The summed E-state index contributed by atoms with van der Waals surface area (Å²) in [7, 11) is 1.78. The summed E-state index contributed by atoms with van der Waals surface area (Å²) in [6, 6.07) is 16.1. The zero-order chi connectivity index (χ0) is 16.4. The van der Waals surface area contributed by atoms with Crippen LogP contribution in [0.15, 0.2) is 48.5 Å². The van der Waals surface area contributed by atoms with Crippen LogP contribution in [0.25, 0.3) is 0 Å². The molecule has 0 radical (unpaired) electrons. The Hall–Kier alpha value is -2.40. The maximum absolute atomic E-state index is 12.3. The Balaban J connectivity index is 2.21. The van der Waals surface area contributed by atoms with Crippen LogP contribution < -0.4 is 10.6 Å². The van der Waals surface area contributed by atoms with E-state index in [0.29, 0.717) is 5.11 Å². The van der Waals surface area contributed by atoms with E-state index in [4.69, 9.17) is 12.2 Å². The Morgan fingerprint density at radius 1 is 1.26 bits per heavy atom. The topological polar surface area (TPSA) is 44.4 Å². The average molecular weight is 325 g/mol. The van der Waals surface area contributed by atoms with Gasteiger partial charge in [0.2, 0.25) is 5.91 Å². The molecular formula is C18H19N3OS. The van der Waals surface area contributed by atoms with Gasteiger partial charge in [0.1, 0.15) is 6.54 Å². The molecule has 0 spiro atoms. The predicted molar refractivity (Wildman–Crippen MR) is 96.5 cm³/mol. The predicted octanol–water partition coefficient (Wildman–Crippen LogP) is 2.84. The van der Waals surface area contributed by atoms with Gasteiger partial charge in [0.25, 0.3) is 0 Å². The summed E-state index contributed by atoms with van der Waals surface area (Å²) in [5.41, 5.74) is 4.15. The normalized spacial score (nSPS) is 17.0. The second-order valence-corrected chi connectivity index (χ2v) is 6.02. The summed E-state index contributed by atoms with van der Waals surface area (Å²) >= 11 is 5.46. The molecular weight excluding hydrogens is 306 g/mol. The summed E-state index contributed by atoms with van der Waals surface area (Å²) in [6.45, 7) is 2.27. The van der Waals surface area contributed by atoms with E-state index in [0.717, 1.165) is 22.4 Å². The van der Waals surface area contributed by atoms with E-state index >= 15 is 0 Å². The molecule has 2 aromatic carbocycles. The Labute approximate surface area is 141 Å². The lowest BCUT2D eigenvalue weighted by atomic mass is 9.95. The fraction of sp³-hybridized carbons (Fsp3) is 0.222. The number of amides is 1. The highest BCUT2D eigenvalue weighted by molar-refractivity contribution is 7.80. The lowest BCUT2D eigenvalue weighted by Crippen LogP contribution is -2.43. The van der Waals surface area contributed by atoms with Crippen molar-refractivity contribution in [3.8, 4) is 0 Å². The van der Waals surface area contributed by atoms with Gasteiger partial charge < -0.3 is 15.5 Å². The van der Waals surface area contributed by atoms with Gasteiger partial charge in [-0.2, -0.15) is 0 Å². The first-order chi connectivity index (χ1) is 11.1. The largest absolute Gasteiger partial charge is 0.366 e. The minimum atomic E-state index is -0.106. The third-order valence-corrected chi connectivity index (χ3v) is 4.43. The van der Waals surface area contributed by atoms with Gasteiger partial charge in [-0.05, 0) is 30.8 Å². The van der Waals surface area contributed by atoms with Crippen molar-refractivity contribution in [2.45, 2.75) is 13.0 Å². The van der Waals surface area contributed by atoms with Crippen molar-refractivity contribution in [1.82, 2.24) is 10.2 Å². The van der Waals surface area contributed by atoms with Crippen LogP contribution in [-0.2, 0) is 4.79 Å². The van der Waals surface area contributed by atoms with Crippen LogP contribution in [0, 0.1) is 6.92 Å². The number of hydrogen-bond donors (Lipinski definition) is 2. The number of hydrogen-bond acceptors (Lipinski definition) is 2. The molecule has 118 valence electrons. The minimum absolute atomic E-state index is 0.0638. The summed E-state index contributed by atoms with van der Waals surface area (Å²) in [5.74, 6) is -0.0638. The first-order valence-electron chi connectivity index (χ1n) is 7.54. The van der Waals surface area contributed by atoms with Gasteiger partial charge in [0, 0.05) is 18.3 Å². The molecule has 0 bridgehead atoms. The molecule has 4 nitrogen and oxygen atoms in total. The molecule has 0 aliphatic carbocycles. The number of aryl methyl sites for hydroxylation is 1. The Bertz CT molecular complexity index is 745. The van der Waals surface area contributed by atoms with Crippen LogP contribution in [0.3, 0.4) is 0 Å². The Morgan fingerprint density at radius 3 is 2.70 bits per heavy atom. The lowest BCUT2D eigenvalue weighted by Gasteiger charge is -2.32. The second-order valence-electron chi connectivity index (χ2n) is 5.64. The Morgan fingerprint density at radius 2 is 2.00 bits per heavy atom. The fourth-order valence-corrected chi connectivity index (χ4v) is 3.12. The van der Waals surface area contributed by atoms with Gasteiger partial charge in [-0.25, -0.2) is 0 Å². The van der Waals surface area contributed by atoms with E-state index in [2.05, 4.69) is 35.8 Å². The smallest absolute Gasteiger partial charge is 0.244 e. The molecule has 0 aromatic heterocycles. The molecule has 1 amide bonds. The molecule has 0 saturated heterocycles. The zero-order valence-corrected chi connectivity index (χ0v) is 14.0. The van der Waals surface area contributed by atoms with E-state index in [1.807, 2.05) is 35.2 Å². The summed E-state index contributed by atoms with van der Waals surface area (Å²) in [6.07, 6.45) is 0. The van der Waals surface area contributed by atoms with Gasteiger partial charge >= 0.3 is 0 Å². The number of benzene rings is 2. The van der Waals surface area contributed by atoms with Gasteiger partial charge in [-0.1, -0.05) is 48.0 Å². The maximum atomic E-state index is 12.3. The van der Waals surface area contributed by atoms with Crippen molar-refractivity contribution in [3.05, 3.63) is 65.2 Å². The molecule has 2 aromatic rings.